The lowest BCUT2D eigenvalue weighted by Gasteiger charge is -2.28. The first kappa shape index (κ1) is 28.4. The minimum Gasteiger partial charge on any atom is -0.395 e. The van der Waals surface area contributed by atoms with Crippen LogP contribution in [0.1, 0.15) is 63.4 Å². The number of nitrogens with one attached hydrogen (secondary N) is 1. The molecule has 2 fully saturated rings. The van der Waals surface area contributed by atoms with Gasteiger partial charge >= 0.3 is 6.18 Å². The van der Waals surface area contributed by atoms with E-state index in [1.165, 1.54) is 6.42 Å². The lowest BCUT2D eigenvalue weighted by atomic mass is 9.81. The average molecular weight is 521 g/mol. The van der Waals surface area contributed by atoms with Gasteiger partial charge in [0.1, 0.15) is 0 Å². The van der Waals surface area contributed by atoms with Crippen molar-refractivity contribution < 1.29 is 31.4 Å². The number of hydrogen-bond donors (Lipinski definition) is 2. The first-order valence-electron chi connectivity index (χ1n) is 12.8. The second-order valence-corrected chi connectivity index (χ2v) is 11.7. The molecule has 10 heteroatoms. The van der Waals surface area contributed by atoms with E-state index in [1.54, 1.807) is 0 Å². The molecule has 1 unspecified atom stereocenters. The second-order valence-electron chi connectivity index (χ2n) is 9.89. The number of alkyl halides is 3. The van der Waals surface area contributed by atoms with Crippen LogP contribution < -0.4 is 4.72 Å². The number of hydrogen-bond acceptors (Lipinski definition) is 5. The van der Waals surface area contributed by atoms with Crippen molar-refractivity contribution in [3.05, 3.63) is 29.8 Å². The number of benzene rings is 1. The van der Waals surface area contributed by atoms with E-state index in [1.807, 2.05) is 0 Å². The average Bonchev–Trinajstić information content (AvgIpc) is 3.29. The van der Waals surface area contributed by atoms with E-state index in [-0.39, 0.29) is 18.0 Å². The highest BCUT2D eigenvalue weighted by molar-refractivity contribution is 7.89. The number of aliphatic hydroxyl groups is 1. The summed E-state index contributed by atoms with van der Waals surface area (Å²) in [5.41, 5.74) is -0.865. The maximum Gasteiger partial charge on any atom is 0.416 e. The number of aliphatic hydroxyl groups excluding tert-OH is 1. The molecule has 1 atom stereocenters. The van der Waals surface area contributed by atoms with Gasteiger partial charge in [0.25, 0.3) is 0 Å². The molecule has 200 valence electrons. The van der Waals surface area contributed by atoms with Crippen LogP contribution in [0.5, 0.6) is 0 Å². The number of sulfonamides is 1. The van der Waals surface area contributed by atoms with E-state index >= 15 is 0 Å². The van der Waals surface area contributed by atoms with Crippen LogP contribution in [-0.4, -0.2) is 63.9 Å². The normalized spacial score (nSPS) is 24.2. The molecule has 1 aromatic carbocycles. The molecule has 0 amide bonds. The Kier molecular flexibility index (Phi) is 10.8. The van der Waals surface area contributed by atoms with E-state index in [4.69, 9.17) is 4.74 Å². The molecular weight excluding hydrogens is 481 g/mol. The molecule has 1 saturated heterocycles. The largest absolute Gasteiger partial charge is 0.416 e. The summed E-state index contributed by atoms with van der Waals surface area (Å²) < 4.78 is 71.1. The van der Waals surface area contributed by atoms with Gasteiger partial charge < -0.3 is 9.84 Å². The van der Waals surface area contributed by atoms with E-state index in [0.717, 1.165) is 102 Å². The Labute approximate surface area is 207 Å². The smallest absolute Gasteiger partial charge is 0.395 e. The third-order valence-corrected chi connectivity index (χ3v) is 8.83. The van der Waals surface area contributed by atoms with Crippen LogP contribution in [0, 0.1) is 11.8 Å². The highest BCUT2D eigenvalue weighted by Gasteiger charge is 2.30. The highest BCUT2D eigenvalue weighted by Crippen LogP contribution is 2.31. The number of likely N-dealkylation sites (tertiary alicyclic amines) is 1. The molecular formula is C25H39F3N2O4S. The van der Waals surface area contributed by atoms with Crippen molar-refractivity contribution in [2.45, 2.75) is 74.9 Å². The van der Waals surface area contributed by atoms with Crippen molar-refractivity contribution in [1.29, 1.82) is 0 Å². The van der Waals surface area contributed by atoms with Gasteiger partial charge in [-0.1, -0.05) is 12.8 Å². The van der Waals surface area contributed by atoms with E-state index in [2.05, 4.69) is 9.62 Å². The van der Waals surface area contributed by atoms with E-state index < -0.39 is 21.8 Å². The number of nitrogens with zero attached hydrogens (tertiary/aromatic N) is 1. The molecule has 6 nitrogen and oxygen atoms in total. The second kappa shape index (κ2) is 13.4. The van der Waals surface area contributed by atoms with Crippen LogP contribution in [0.25, 0.3) is 0 Å². The fourth-order valence-corrected chi connectivity index (χ4v) is 6.20. The summed E-state index contributed by atoms with van der Waals surface area (Å²) in [6, 6.07) is 3.91. The number of rotatable bonds is 13. The minimum atomic E-state index is -4.49. The van der Waals surface area contributed by atoms with Crippen LogP contribution in [-0.2, 0) is 20.9 Å². The molecule has 1 aliphatic carbocycles. The van der Waals surface area contributed by atoms with Gasteiger partial charge in [-0.2, -0.15) is 13.2 Å². The maximum absolute atomic E-state index is 12.7. The maximum atomic E-state index is 12.7. The number of halogens is 3. The molecule has 2 N–H and O–H groups in total. The van der Waals surface area contributed by atoms with Crippen LogP contribution in [0.15, 0.2) is 29.2 Å². The molecule has 1 saturated carbocycles. The Morgan fingerprint density at radius 1 is 1.03 bits per heavy atom. The van der Waals surface area contributed by atoms with Gasteiger partial charge in [0, 0.05) is 25.8 Å². The zero-order valence-corrected chi connectivity index (χ0v) is 21.1. The van der Waals surface area contributed by atoms with Crippen molar-refractivity contribution in [2.24, 2.45) is 11.8 Å². The fraction of sp³-hybridized carbons (Fsp3) is 0.760. The quantitative estimate of drug-likeness (QED) is 0.376. The van der Waals surface area contributed by atoms with Crippen molar-refractivity contribution >= 4 is 10.0 Å². The molecule has 1 aromatic rings. The van der Waals surface area contributed by atoms with Crippen LogP contribution in [0.4, 0.5) is 13.2 Å². The standard InChI is InChI=1S/C25H39F3N2O4S/c26-25(27,28)22-9-11-24(12-10-22)35(32,33)29-14-13-20-5-7-21(8-6-20)19-34-17-2-1-15-30-16-3-4-23(30)18-31/h9-12,20-21,23,29,31H,1-8,13-19H2. The summed E-state index contributed by atoms with van der Waals surface area (Å²) in [4.78, 5) is 2.23. The zero-order valence-electron chi connectivity index (χ0n) is 20.3. The predicted molar refractivity (Wildman–Crippen MR) is 128 cm³/mol. The Morgan fingerprint density at radius 2 is 1.71 bits per heavy atom. The Balaban J connectivity index is 1.25. The van der Waals surface area contributed by atoms with E-state index in [9.17, 15) is 26.7 Å². The summed E-state index contributed by atoms with van der Waals surface area (Å²) in [5.74, 6) is 0.994. The van der Waals surface area contributed by atoms with E-state index in [0.29, 0.717) is 17.9 Å². The highest BCUT2D eigenvalue weighted by atomic mass is 32.2. The summed E-state index contributed by atoms with van der Waals surface area (Å²) in [7, 11) is -3.82. The summed E-state index contributed by atoms with van der Waals surface area (Å²) >= 11 is 0. The van der Waals surface area contributed by atoms with Crippen LogP contribution >= 0.6 is 0 Å². The molecule has 3 rings (SSSR count). The third-order valence-electron chi connectivity index (χ3n) is 7.35. The molecule has 35 heavy (non-hydrogen) atoms. The van der Waals surface area contributed by atoms with Gasteiger partial charge in [0.15, 0.2) is 0 Å². The summed E-state index contributed by atoms with van der Waals surface area (Å²) in [5, 5.41) is 9.37. The molecule has 1 aliphatic heterocycles. The van der Waals surface area contributed by atoms with Gasteiger partial charge in [0.2, 0.25) is 10.0 Å². The fourth-order valence-electron chi connectivity index (χ4n) is 5.16. The predicted octanol–water partition coefficient (Wildman–Crippen LogP) is 4.43. The topological polar surface area (TPSA) is 78.9 Å². The molecule has 0 spiro atoms. The molecule has 1 heterocycles. The van der Waals surface area contributed by atoms with Crippen molar-refractivity contribution in [2.75, 3.05) is 39.5 Å². The lowest BCUT2D eigenvalue weighted by molar-refractivity contribution is -0.137. The summed E-state index contributed by atoms with van der Waals surface area (Å²) in [6.07, 6.45) is 4.84. The Morgan fingerprint density at radius 3 is 2.37 bits per heavy atom. The zero-order chi connectivity index (χ0) is 25.3. The van der Waals surface area contributed by atoms with Crippen molar-refractivity contribution in [3.63, 3.8) is 0 Å². The Hall–Kier alpha value is -1.20. The molecule has 2 aliphatic rings. The molecule has 0 radical (unpaired) electrons. The monoisotopic (exact) mass is 520 g/mol. The molecule has 0 bridgehead atoms. The lowest BCUT2D eigenvalue weighted by Crippen LogP contribution is -2.33. The first-order valence-corrected chi connectivity index (χ1v) is 14.3. The van der Waals surface area contributed by atoms with Gasteiger partial charge in [0.05, 0.1) is 17.1 Å². The van der Waals surface area contributed by atoms with Crippen molar-refractivity contribution in [3.8, 4) is 0 Å². The van der Waals surface area contributed by atoms with Crippen LogP contribution in [0.2, 0.25) is 0 Å². The van der Waals surface area contributed by atoms with Gasteiger partial charge in [-0.3, -0.25) is 4.90 Å². The van der Waals surface area contributed by atoms with Gasteiger partial charge in [-0.25, -0.2) is 13.1 Å². The van der Waals surface area contributed by atoms with Crippen LogP contribution in [0.3, 0.4) is 0 Å². The molecule has 0 aromatic heterocycles. The Bertz CT molecular complexity index is 856. The summed E-state index contributed by atoms with van der Waals surface area (Å²) in [6.45, 7) is 4.20. The van der Waals surface area contributed by atoms with Crippen molar-refractivity contribution in [1.82, 2.24) is 9.62 Å². The number of unbranched alkanes of at least 4 members (excludes halogenated alkanes) is 1. The minimum absolute atomic E-state index is 0.153. The van der Waals surface area contributed by atoms with Gasteiger partial charge in [-0.05, 0) is 94.1 Å². The SMILES string of the molecule is O=S(=O)(NCCC1CCC(COCCCCN2CCCC2CO)CC1)c1ccc(C(F)(F)F)cc1. The third kappa shape index (κ3) is 9.00. The first-order chi connectivity index (χ1) is 16.7. The number of ether oxygens (including phenoxy) is 1. The van der Waals surface area contributed by atoms with Gasteiger partial charge in [-0.15, -0.1) is 0 Å².